The summed E-state index contributed by atoms with van der Waals surface area (Å²) in [4.78, 5) is 19.3. The zero-order chi connectivity index (χ0) is 20.2. The first-order valence-electron chi connectivity index (χ1n) is 9.54. The van der Waals surface area contributed by atoms with Crippen LogP contribution in [0.2, 0.25) is 0 Å². The van der Waals surface area contributed by atoms with Crippen LogP contribution in [0.15, 0.2) is 60.8 Å². The highest BCUT2D eigenvalue weighted by molar-refractivity contribution is 6.06. The van der Waals surface area contributed by atoms with Gasteiger partial charge in [0, 0.05) is 30.2 Å². The monoisotopic (exact) mass is 389 g/mol. The maximum atomic E-state index is 13.2. The molecule has 0 saturated carbocycles. The Hall–Kier alpha value is -3.54. The summed E-state index contributed by atoms with van der Waals surface area (Å²) in [6, 6.07) is 17.2. The Morgan fingerprint density at radius 2 is 1.93 bits per heavy atom. The number of ether oxygens (including phenoxy) is 2. The molecule has 6 heteroatoms. The number of rotatable bonds is 5. The van der Waals surface area contributed by atoms with E-state index in [9.17, 15) is 4.79 Å². The van der Waals surface area contributed by atoms with Crippen molar-refractivity contribution in [3.05, 3.63) is 72.1 Å². The molecule has 29 heavy (non-hydrogen) atoms. The topological polar surface area (TPSA) is 63.7 Å². The Kier molecular flexibility index (Phi) is 5.33. The number of carbonyl (C=O) groups excluding carboxylic acids is 1. The van der Waals surface area contributed by atoms with E-state index in [1.165, 1.54) is 5.56 Å². The second kappa shape index (κ2) is 8.22. The Balaban J connectivity index is 1.59. The highest BCUT2D eigenvalue weighted by atomic mass is 16.5. The number of anilines is 3. The highest BCUT2D eigenvalue weighted by Crippen LogP contribution is 2.32. The van der Waals surface area contributed by atoms with Gasteiger partial charge in [0.15, 0.2) is 0 Å². The molecule has 1 aromatic heterocycles. The quantitative estimate of drug-likeness (QED) is 0.699. The predicted molar refractivity (Wildman–Crippen MR) is 114 cm³/mol. The fraction of sp³-hybridized carbons (Fsp3) is 0.217. The van der Waals surface area contributed by atoms with Crippen molar-refractivity contribution in [2.75, 3.05) is 31.0 Å². The van der Waals surface area contributed by atoms with E-state index in [0.29, 0.717) is 23.7 Å². The Morgan fingerprint density at radius 1 is 1.07 bits per heavy atom. The van der Waals surface area contributed by atoms with Crippen LogP contribution < -0.4 is 19.7 Å². The van der Waals surface area contributed by atoms with Crippen LogP contribution in [0.1, 0.15) is 22.5 Å². The molecule has 1 N–H and O–H groups in total. The number of nitrogens with one attached hydrogen (secondary N) is 1. The third-order valence-corrected chi connectivity index (χ3v) is 5.02. The van der Waals surface area contributed by atoms with Crippen LogP contribution in [0, 0.1) is 0 Å². The largest absolute Gasteiger partial charge is 0.497 e. The van der Waals surface area contributed by atoms with Gasteiger partial charge in [0.25, 0.3) is 5.91 Å². The van der Waals surface area contributed by atoms with E-state index in [1.54, 1.807) is 32.5 Å². The van der Waals surface area contributed by atoms with Gasteiger partial charge in [-0.3, -0.25) is 9.78 Å². The van der Waals surface area contributed by atoms with E-state index in [0.717, 1.165) is 29.9 Å². The van der Waals surface area contributed by atoms with E-state index in [-0.39, 0.29) is 5.91 Å². The first-order chi connectivity index (χ1) is 14.2. The molecule has 0 saturated heterocycles. The SMILES string of the molecule is COc1ccc(Nc2ccnc(C(=O)N3CCCc4ccccc43)c2)c(OC)c1. The summed E-state index contributed by atoms with van der Waals surface area (Å²) < 4.78 is 10.7. The van der Waals surface area contributed by atoms with Crippen LogP contribution in [0.3, 0.4) is 0 Å². The van der Waals surface area contributed by atoms with Crippen molar-refractivity contribution >= 4 is 23.0 Å². The van der Waals surface area contributed by atoms with Gasteiger partial charge in [-0.2, -0.15) is 0 Å². The summed E-state index contributed by atoms with van der Waals surface area (Å²) in [5, 5.41) is 3.30. The third-order valence-electron chi connectivity index (χ3n) is 5.02. The number of pyridine rings is 1. The van der Waals surface area contributed by atoms with Gasteiger partial charge in [0.1, 0.15) is 17.2 Å². The van der Waals surface area contributed by atoms with Gasteiger partial charge >= 0.3 is 0 Å². The number of hydrogen-bond acceptors (Lipinski definition) is 5. The minimum absolute atomic E-state index is 0.0949. The zero-order valence-electron chi connectivity index (χ0n) is 16.5. The first-order valence-corrected chi connectivity index (χ1v) is 9.54. The van der Waals surface area contributed by atoms with Gasteiger partial charge in [-0.25, -0.2) is 0 Å². The van der Waals surface area contributed by atoms with Crippen molar-refractivity contribution in [3.63, 3.8) is 0 Å². The van der Waals surface area contributed by atoms with Crippen molar-refractivity contribution in [1.29, 1.82) is 0 Å². The molecule has 2 heterocycles. The molecular formula is C23H23N3O3. The number of amides is 1. The van der Waals surface area contributed by atoms with E-state index in [4.69, 9.17) is 9.47 Å². The summed E-state index contributed by atoms with van der Waals surface area (Å²) in [5.41, 5.74) is 4.11. The Morgan fingerprint density at radius 3 is 2.76 bits per heavy atom. The molecule has 3 aromatic rings. The standard InChI is InChI=1S/C23H23N3O3/c1-28-18-9-10-19(22(15-18)29-2)25-17-11-12-24-20(14-17)23(27)26-13-5-7-16-6-3-4-8-21(16)26/h3-4,6,8-12,14-15H,5,7,13H2,1-2H3,(H,24,25). The predicted octanol–water partition coefficient (Wildman–Crippen LogP) is 4.44. The van der Waals surface area contributed by atoms with E-state index in [2.05, 4.69) is 16.4 Å². The molecule has 6 nitrogen and oxygen atoms in total. The van der Waals surface area contributed by atoms with Crippen molar-refractivity contribution in [2.45, 2.75) is 12.8 Å². The lowest BCUT2D eigenvalue weighted by Gasteiger charge is -2.29. The minimum Gasteiger partial charge on any atom is -0.497 e. The molecular weight excluding hydrogens is 366 g/mol. The molecule has 0 unspecified atom stereocenters. The molecule has 148 valence electrons. The lowest BCUT2D eigenvalue weighted by Crippen LogP contribution is -2.35. The van der Waals surface area contributed by atoms with Gasteiger partial charge in [0.05, 0.1) is 19.9 Å². The Bertz CT molecular complexity index is 1040. The lowest BCUT2D eigenvalue weighted by atomic mass is 10.0. The summed E-state index contributed by atoms with van der Waals surface area (Å²) in [6.45, 7) is 0.696. The molecule has 0 aliphatic carbocycles. The fourth-order valence-electron chi connectivity index (χ4n) is 3.57. The van der Waals surface area contributed by atoms with Crippen LogP contribution in [-0.2, 0) is 6.42 Å². The molecule has 4 rings (SSSR count). The van der Waals surface area contributed by atoms with Gasteiger partial charge in [-0.15, -0.1) is 0 Å². The first kappa shape index (κ1) is 18.8. The number of fused-ring (bicyclic) bond motifs is 1. The smallest absolute Gasteiger partial charge is 0.276 e. The molecule has 0 spiro atoms. The molecule has 1 aliphatic heterocycles. The molecule has 0 fully saturated rings. The molecule has 1 amide bonds. The van der Waals surface area contributed by atoms with E-state index >= 15 is 0 Å². The van der Waals surface area contributed by atoms with Crippen molar-refractivity contribution in [2.24, 2.45) is 0 Å². The van der Waals surface area contributed by atoms with Crippen molar-refractivity contribution < 1.29 is 14.3 Å². The van der Waals surface area contributed by atoms with Crippen LogP contribution >= 0.6 is 0 Å². The number of hydrogen-bond donors (Lipinski definition) is 1. The van der Waals surface area contributed by atoms with E-state index < -0.39 is 0 Å². The van der Waals surface area contributed by atoms with Crippen molar-refractivity contribution in [3.8, 4) is 11.5 Å². The third kappa shape index (κ3) is 3.87. The molecule has 0 atom stereocenters. The number of methoxy groups -OCH3 is 2. The van der Waals surface area contributed by atoms with E-state index in [1.807, 2.05) is 41.3 Å². The van der Waals surface area contributed by atoms with Crippen LogP contribution in [0.25, 0.3) is 0 Å². The normalized spacial score (nSPS) is 12.8. The summed E-state index contributed by atoms with van der Waals surface area (Å²) >= 11 is 0. The van der Waals surface area contributed by atoms with Crippen LogP contribution in [-0.4, -0.2) is 31.7 Å². The highest BCUT2D eigenvalue weighted by Gasteiger charge is 2.24. The fourth-order valence-corrected chi connectivity index (χ4v) is 3.57. The van der Waals surface area contributed by atoms with Crippen LogP contribution in [0.5, 0.6) is 11.5 Å². The van der Waals surface area contributed by atoms with Gasteiger partial charge in [0.2, 0.25) is 0 Å². The molecule has 0 bridgehead atoms. The molecule has 0 radical (unpaired) electrons. The number of aryl methyl sites for hydroxylation is 1. The van der Waals surface area contributed by atoms with Gasteiger partial charge in [-0.1, -0.05) is 18.2 Å². The summed E-state index contributed by atoms with van der Waals surface area (Å²) in [6.07, 6.45) is 3.58. The number of benzene rings is 2. The minimum atomic E-state index is -0.0949. The number of nitrogens with zero attached hydrogens (tertiary/aromatic N) is 2. The number of aromatic nitrogens is 1. The lowest BCUT2D eigenvalue weighted by molar-refractivity contribution is 0.0980. The molecule has 1 aliphatic rings. The average molecular weight is 389 g/mol. The number of carbonyl (C=O) groups is 1. The second-order valence-corrected chi connectivity index (χ2v) is 6.81. The van der Waals surface area contributed by atoms with Crippen LogP contribution in [0.4, 0.5) is 17.1 Å². The maximum Gasteiger partial charge on any atom is 0.276 e. The van der Waals surface area contributed by atoms with Gasteiger partial charge in [-0.05, 0) is 48.7 Å². The summed E-state index contributed by atoms with van der Waals surface area (Å²) in [5.74, 6) is 1.27. The molecule has 2 aromatic carbocycles. The average Bonchev–Trinajstić information content (AvgIpc) is 2.78. The summed E-state index contributed by atoms with van der Waals surface area (Å²) in [7, 11) is 3.22. The number of para-hydroxylation sites is 1. The van der Waals surface area contributed by atoms with Crippen molar-refractivity contribution in [1.82, 2.24) is 4.98 Å². The van der Waals surface area contributed by atoms with Gasteiger partial charge < -0.3 is 19.7 Å². The second-order valence-electron chi connectivity index (χ2n) is 6.81. The zero-order valence-corrected chi connectivity index (χ0v) is 16.5. The maximum absolute atomic E-state index is 13.2. The Labute approximate surface area is 170 Å².